The predicted molar refractivity (Wildman–Crippen MR) is 86.9 cm³/mol. The van der Waals surface area contributed by atoms with Crippen LogP contribution < -0.4 is 5.32 Å². The van der Waals surface area contributed by atoms with Gasteiger partial charge in [-0.05, 0) is 17.9 Å². The number of piperidine rings is 1. The van der Waals surface area contributed by atoms with Gasteiger partial charge in [-0.15, -0.1) is 0 Å². The number of hydrogen-bond acceptors (Lipinski definition) is 2. The minimum atomic E-state index is -0.291. The van der Waals surface area contributed by atoms with E-state index in [2.05, 4.69) is 36.5 Å². The average Bonchev–Trinajstić information content (AvgIpc) is 2.44. The van der Waals surface area contributed by atoms with E-state index in [1.54, 1.807) is 0 Å². The van der Waals surface area contributed by atoms with Gasteiger partial charge in [0, 0.05) is 31.1 Å². The molecular weight excluding hydrogens is 260 g/mol. The predicted octanol–water partition coefficient (Wildman–Crippen LogP) is 3.06. The molecule has 1 heterocycles. The number of likely N-dealkylation sites (tertiary alicyclic amines) is 1. The summed E-state index contributed by atoms with van der Waals surface area (Å²) in [6.45, 7) is 10.8. The smallest absolute Gasteiger partial charge is 0.228 e. The van der Waals surface area contributed by atoms with Crippen LogP contribution in [0.1, 0.15) is 39.7 Å². The summed E-state index contributed by atoms with van der Waals surface area (Å²) in [5.41, 5.74) is 1.01. The maximum atomic E-state index is 12.5. The van der Waals surface area contributed by atoms with Crippen LogP contribution in [0.2, 0.25) is 0 Å². The summed E-state index contributed by atoms with van der Waals surface area (Å²) in [6, 6.07) is 10.8. The Labute approximate surface area is 128 Å². The normalized spacial score (nSPS) is 23.1. The zero-order valence-corrected chi connectivity index (χ0v) is 13.7. The summed E-state index contributed by atoms with van der Waals surface area (Å²) >= 11 is 0. The highest BCUT2D eigenvalue weighted by molar-refractivity contribution is 5.81. The summed E-state index contributed by atoms with van der Waals surface area (Å²) in [5.74, 6) is 0.818. The molecule has 116 valence electrons. The number of nitrogens with zero attached hydrogens (tertiary/aromatic N) is 1. The molecular formula is C18H28N2O. The number of amides is 1. The average molecular weight is 288 g/mol. The topological polar surface area (TPSA) is 32.3 Å². The standard InChI is InChI=1S/C18H28N2O/c1-14-10-16(19-11-15-8-6-5-7-9-15)13-20(12-14)17(21)18(2,3)4/h5-9,14,16,19H,10-13H2,1-4H3. The molecule has 0 radical (unpaired) electrons. The molecule has 1 aromatic carbocycles. The van der Waals surface area contributed by atoms with Gasteiger partial charge >= 0.3 is 0 Å². The van der Waals surface area contributed by atoms with E-state index in [1.807, 2.05) is 31.7 Å². The highest BCUT2D eigenvalue weighted by Crippen LogP contribution is 2.23. The first-order valence-electron chi connectivity index (χ1n) is 7.93. The van der Waals surface area contributed by atoms with Crippen molar-refractivity contribution in [1.82, 2.24) is 10.2 Å². The lowest BCUT2D eigenvalue weighted by molar-refractivity contribution is -0.141. The summed E-state index contributed by atoms with van der Waals surface area (Å²) < 4.78 is 0. The van der Waals surface area contributed by atoms with Crippen LogP contribution >= 0.6 is 0 Å². The van der Waals surface area contributed by atoms with E-state index in [0.29, 0.717) is 12.0 Å². The fourth-order valence-electron chi connectivity index (χ4n) is 3.00. The molecule has 0 spiro atoms. The van der Waals surface area contributed by atoms with Crippen LogP contribution in [0.4, 0.5) is 0 Å². The van der Waals surface area contributed by atoms with Gasteiger partial charge in [-0.2, -0.15) is 0 Å². The molecule has 0 aromatic heterocycles. The number of nitrogens with one attached hydrogen (secondary N) is 1. The summed E-state index contributed by atoms with van der Waals surface area (Å²) in [6.07, 6.45) is 1.14. The molecule has 0 aliphatic carbocycles. The second-order valence-electron chi connectivity index (χ2n) is 7.36. The SMILES string of the molecule is CC1CC(NCc2ccccc2)CN(C(=O)C(C)(C)C)C1. The van der Waals surface area contributed by atoms with Gasteiger partial charge in [0.15, 0.2) is 0 Å². The highest BCUT2D eigenvalue weighted by atomic mass is 16.2. The summed E-state index contributed by atoms with van der Waals surface area (Å²) in [7, 11) is 0. The van der Waals surface area contributed by atoms with Crippen molar-refractivity contribution in [3.63, 3.8) is 0 Å². The third-order valence-corrected chi connectivity index (χ3v) is 4.03. The Morgan fingerprint density at radius 2 is 1.90 bits per heavy atom. The first kappa shape index (κ1) is 16.0. The van der Waals surface area contributed by atoms with Crippen LogP contribution in [-0.4, -0.2) is 29.9 Å². The number of carbonyl (C=O) groups excluding carboxylic acids is 1. The molecule has 3 nitrogen and oxygen atoms in total. The fraction of sp³-hybridized carbons (Fsp3) is 0.611. The van der Waals surface area contributed by atoms with Crippen molar-refractivity contribution in [2.24, 2.45) is 11.3 Å². The van der Waals surface area contributed by atoms with E-state index in [1.165, 1.54) is 5.56 Å². The first-order chi connectivity index (χ1) is 9.86. The van der Waals surface area contributed by atoms with Gasteiger partial charge < -0.3 is 10.2 Å². The van der Waals surface area contributed by atoms with E-state index in [4.69, 9.17) is 0 Å². The van der Waals surface area contributed by atoms with Crippen molar-refractivity contribution in [2.75, 3.05) is 13.1 Å². The molecule has 1 N–H and O–H groups in total. The first-order valence-corrected chi connectivity index (χ1v) is 7.93. The van der Waals surface area contributed by atoms with Crippen molar-refractivity contribution in [2.45, 2.75) is 46.7 Å². The quantitative estimate of drug-likeness (QED) is 0.927. The van der Waals surface area contributed by atoms with Crippen LogP contribution in [-0.2, 0) is 11.3 Å². The number of rotatable bonds is 3. The maximum Gasteiger partial charge on any atom is 0.228 e. The second-order valence-corrected chi connectivity index (χ2v) is 7.36. The van der Waals surface area contributed by atoms with Gasteiger partial charge in [0.1, 0.15) is 0 Å². The lowest BCUT2D eigenvalue weighted by Crippen LogP contribution is -2.53. The Morgan fingerprint density at radius 3 is 2.52 bits per heavy atom. The van der Waals surface area contributed by atoms with E-state index in [-0.39, 0.29) is 11.3 Å². The van der Waals surface area contributed by atoms with Crippen LogP contribution in [0, 0.1) is 11.3 Å². The Kier molecular flexibility index (Phi) is 5.04. The third-order valence-electron chi connectivity index (χ3n) is 4.03. The second kappa shape index (κ2) is 6.61. The van der Waals surface area contributed by atoms with Crippen molar-refractivity contribution < 1.29 is 4.79 Å². The van der Waals surface area contributed by atoms with Gasteiger partial charge in [0.2, 0.25) is 5.91 Å². The number of hydrogen-bond donors (Lipinski definition) is 1. The van der Waals surface area contributed by atoms with Gasteiger partial charge in [-0.3, -0.25) is 4.79 Å². The van der Waals surface area contributed by atoms with Crippen LogP contribution in [0.5, 0.6) is 0 Å². The molecule has 1 amide bonds. The van der Waals surface area contributed by atoms with Crippen molar-refractivity contribution in [3.05, 3.63) is 35.9 Å². The van der Waals surface area contributed by atoms with E-state index in [9.17, 15) is 4.79 Å². The fourth-order valence-corrected chi connectivity index (χ4v) is 3.00. The molecule has 1 aliphatic heterocycles. The van der Waals surface area contributed by atoms with Crippen LogP contribution in [0.3, 0.4) is 0 Å². The molecule has 1 aliphatic rings. The van der Waals surface area contributed by atoms with Gasteiger partial charge in [-0.25, -0.2) is 0 Å². The zero-order valence-electron chi connectivity index (χ0n) is 13.7. The largest absolute Gasteiger partial charge is 0.340 e. The molecule has 0 bridgehead atoms. The van der Waals surface area contributed by atoms with Gasteiger partial charge in [0.25, 0.3) is 0 Å². The third kappa shape index (κ3) is 4.57. The van der Waals surface area contributed by atoms with Crippen LogP contribution in [0.25, 0.3) is 0 Å². The van der Waals surface area contributed by atoms with E-state index in [0.717, 1.165) is 26.1 Å². The molecule has 1 saturated heterocycles. The zero-order chi connectivity index (χ0) is 15.5. The molecule has 2 atom stereocenters. The van der Waals surface area contributed by atoms with Crippen molar-refractivity contribution >= 4 is 5.91 Å². The number of carbonyl (C=O) groups is 1. The lowest BCUT2D eigenvalue weighted by atomic mass is 9.90. The van der Waals surface area contributed by atoms with Crippen molar-refractivity contribution in [1.29, 1.82) is 0 Å². The lowest BCUT2D eigenvalue weighted by Gasteiger charge is -2.39. The van der Waals surface area contributed by atoms with Crippen molar-refractivity contribution in [3.8, 4) is 0 Å². The molecule has 0 saturated carbocycles. The summed E-state index contributed by atoms with van der Waals surface area (Å²) in [4.78, 5) is 14.5. The Morgan fingerprint density at radius 1 is 1.24 bits per heavy atom. The Bertz CT molecular complexity index is 464. The Balaban J connectivity index is 1.93. The molecule has 1 aromatic rings. The van der Waals surface area contributed by atoms with E-state index >= 15 is 0 Å². The maximum absolute atomic E-state index is 12.5. The highest BCUT2D eigenvalue weighted by Gasteiger charge is 2.33. The number of benzene rings is 1. The molecule has 21 heavy (non-hydrogen) atoms. The van der Waals surface area contributed by atoms with Gasteiger partial charge in [-0.1, -0.05) is 58.0 Å². The molecule has 3 heteroatoms. The van der Waals surface area contributed by atoms with E-state index < -0.39 is 0 Å². The van der Waals surface area contributed by atoms with Crippen LogP contribution in [0.15, 0.2) is 30.3 Å². The summed E-state index contributed by atoms with van der Waals surface area (Å²) in [5, 5.41) is 3.61. The van der Waals surface area contributed by atoms with Gasteiger partial charge in [0.05, 0.1) is 0 Å². The molecule has 1 fully saturated rings. The monoisotopic (exact) mass is 288 g/mol. The minimum Gasteiger partial charge on any atom is -0.340 e. The Hall–Kier alpha value is -1.35. The molecule has 2 unspecified atom stereocenters. The minimum absolute atomic E-state index is 0.264. The molecule has 2 rings (SSSR count).